The smallest absolute Gasteiger partial charge is 0.254 e. The van der Waals surface area contributed by atoms with Gasteiger partial charge >= 0.3 is 0 Å². The zero-order valence-corrected chi connectivity index (χ0v) is 11.6. The van der Waals surface area contributed by atoms with Crippen molar-refractivity contribution in [2.75, 3.05) is 13.1 Å². The highest BCUT2D eigenvalue weighted by Crippen LogP contribution is 2.20. The van der Waals surface area contributed by atoms with Gasteiger partial charge in [-0.15, -0.1) is 0 Å². The molecule has 1 heterocycles. The molecule has 1 unspecified atom stereocenters. The zero-order valence-electron chi connectivity index (χ0n) is 11.6. The van der Waals surface area contributed by atoms with E-state index in [0.29, 0.717) is 12.6 Å². The highest BCUT2D eigenvalue weighted by molar-refractivity contribution is 5.95. The summed E-state index contributed by atoms with van der Waals surface area (Å²) in [4.78, 5) is 14.4. The van der Waals surface area contributed by atoms with Crippen LogP contribution in [0.1, 0.15) is 41.3 Å². The molecule has 0 aromatic heterocycles. The van der Waals surface area contributed by atoms with Gasteiger partial charge in [0, 0.05) is 23.7 Å². The number of carbonyl (C=O) groups excluding carboxylic acids is 1. The minimum atomic E-state index is 0.131. The summed E-state index contributed by atoms with van der Waals surface area (Å²) < 4.78 is 0. The third-order valence-electron chi connectivity index (χ3n) is 3.61. The number of hydrogen-bond acceptors (Lipinski definition) is 2. The summed E-state index contributed by atoms with van der Waals surface area (Å²) >= 11 is 0. The normalized spacial score (nSPS) is 18.1. The number of hydrogen-bond donors (Lipinski definition) is 1. The van der Waals surface area contributed by atoms with E-state index in [0.717, 1.165) is 36.1 Å². The van der Waals surface area contributed by atoms with Crippen molar-refractivity contribution in [1.29, 1.82) is 0 Å². The fraction of sp³-hybridized carbons (Fsp3) is 0.438. The summed E-state index contributed by atoms with van der Waals surface area (Å²) in [5.41, 5.74) is 8.09. The van der Waals surface area contributed by atoms with Crippen LogP contribution in [0.15, 0.2) is 18.2 Å². The molecule has 100 valence electrons. The van der Waals surface area contributed by atoms with Crippen LogP contribution in [0.4, 0.5) is 0 Å². The van der Waals surface area contributed by atoms with Crippen LogP contribution in [-0.2, 0) is 0 Å². The van der Waals surface area contributed by atoms with E-state index >= 15 is 0 Å². The number of carbonyl (C=O) groups is 1. The molecular formula is C16H20N2O. The summed E-state index contributed by atoms with van der Waals surface area (Å²) in [5, 5.41) is 0. The molecule has 1 amide bonds. The summed E-state index contributed by atoms with van der Waals surface area (Å²) in [6.07, 6.45) is 2.21. The Morgan fingerprint density at radius 2 is 2.32 bits per heavy atom. The fourth-order valence-electron chi connectivity index (χ4n) is 2.48. The first-order chi connectivity index (χ1) is 9.13. The number of amides is 1. The van der Waals surface area contributed by atoms with E-state index in [9.17, 15) is 4.79 Å². The molecule has 0 aliphatic carbocycles. The highest BCUT2D eigenvalue weighted by Gasteiger charge is 2.25. The Morgan fingerprint density at radius 3 is 2.89 bits per heavy atom. The maximum Gasteiger partial charge on any atom is 0.254 e. The van der Waals surface area contributed by atoms with Crippen molar-refractivity contribution in [3.05, 3.63) is 34.9 Å². The Hall–Kier alpha value is -1.79. The van der Waals surface area contributed by atoms with Crippen molar-refractivity contribution < 1.29 is 4.79 Å². The van der Waals surface area contributed by atoms with Crippen molar-refractivity contribution in [3.63, 3.8) is 0 Å². The molecule has 0 bridgehead atoms. The van der Waals surface area contributed by atoms with Gasteiger partial charge in [-0.1, -0.05) is 11.8 Å². The number of rotatable bonds is 1. The van der Waals surface area contributed by atoms with Crippen LogP contribution in [0.2, 0.25) is 0 Å². The number of nitrogens with zero attached hydrogens (tertiary/aromatic N) is 1. The van der Waals surface area contributed by atoms with Gasteiger partial charge in [0.15, 0.2) is 0 Å². The summed E-state index contributed by atoms with van der Waals surface area (Å²) in [6, 6.07) is 6.05. The SMILES string of the molecule is Cc1cc(C(=O)N2CCCC2C)ccc1C#CCN. The Kier molecular flexibility index (Phi) is 4.24. The Balaban J connectivity index is 2.22. The molecule has 1 saturated heterocycles. The predicted octanol–water partition coefficient (Wildman–Crippen LogP) is 1.93. The average molecular weight is 256 g/mol. The molecule has 1 fully saturated rings. The van der Waals surface area contributed by atoms with E-state index in [-0.39, 0.29) is 5.91 Å². The first kappa shape index (κ1) is 13.6. The van der Waals surface area contributed by atoms with E-state index in [4.69, 9.17) is 5.73 Å². The van der Waals surface area contributed by atoms with Crippen LogP contribution in [0, 0.1) is 18.8 Å². The molecule has 1 aliphatic heterocycles. The quantitative estimate of drug-likeness (QED) is 0.780. The highest BCUT2D eigenvalue weighted by atomic mass is 16.2. The third kappa shape index (κ3) is 2.97. The lowest BCUT2D eigenvalue weighted by molar-refractivity contribution is 0.0747. The van der Waals surface area contributed by atoms with Gasteiger partial charge in [-0.25, -0.2) is 0 Å². The van der Waals surface area contributed by atoms with Crippen molar-refractivity contribution >= 4 is 5.91 Å². The molecule has 0 saturated carbocycles. The molecule has 2 N–H and O–H groups in total. The first-order valence-electron chi connectivity index (χ1n) is 6.74. The van der Waals surface area contributed by atoms with Crippen molar-refractivity contribution in [2.45, 2.75) is 32.7 Å². The third-order valence-corrected chi connectivity index (χ3v) is 3.61. The van der Waals surface area contributed by atoms with Gasteiger partial charge in [-0.05, 0) is 50.5 Å². The number of likely N-dealkylation sites (tertiary alicyclic amines) is 1. The lowest BCUT2D eigenvalue weighted by Gasteiger charge is -2.21. The van der Waals surface area contributed by atoms with E-state index in [2.05, 4.69) is 18.8 Å². The van der Waals surface area contributed by atoms with Gasteiger partial charge in [-0.2, -0.15) is 0 Å². The van der Waals surface area contributed by atoms with Crippen molar-refractivity contribution in [3.8, 4) is 11.8 Å². The maximum atomic E-state index is 12.4. The maximum absolute atomic E-state index is 12.4. The molecule has 3 nitrogen and oxygen atoms in total. The van der Waals surface area contributed by atoms with Crippen LogP contribution < -0.4 is 5.73 Å². The van der Waals surface area contributed by atoms with E-state index < -0.39 is 0 Å². The number of benzene rings is 1. The van der Waals surface area contributed by atoms with Crippen molar-refractivity contribution in [1.82, 2.24) is 4.90 Å². The van der Waals surface area contributed by atoms with Crippen LogP contribution in [-0.4, -0.2) is 29.9 Å². The number of nitrogens with two attached hydrogens (primary N) is 1. The molecule has 0 spiro atoms. The molecular weight excluding hydrogens is 236 g/mol. The van der Waals surface area contributed by atoms with Crippen LogP contribution in [0.3, 0.4) is 0 Å². The van der Waals surface area contributed by atoms with Gasteiger partial charge < -0.3 is 10.6 Å². The second-order valence-corrected chi connectivity index (χ2v) is 5.03. The first-order valence-corrected chi connectivity index (χ1v) is 6.74. The largest absolute Gasteiger partial charge is 0.336 e. The molecule has 19 heavy (non-hydrogen) atoms. The second-order valence-electron chi connectivity index (χ2n) is 5.03. The molecule has 1 aromatic rings. The molecule has 1 aliphatic rings. The molecule has 1 atom stereocenters. The van der Waals surface area contributed by atoms with E-state index in [1.54, 1.807) is 0 Å². The Labute approximate surface area is 114 Å². The van der Waals surface area contributed by atoms with Gasteiger partial charge in [0.1, 0.15) is 0 Å². The average Bonchev–Trinajstić information content (AvgIpc) is 2.82. The van der Waals surface area contributed by atoms with Gasteiger partial charge in [0.2, 0.25) is 0 Å². The lowest BCUT2D eigenvalue weighted by atomic mass is 10.0. The standard InChI is InChI=1S/C16H20N2O/c1-12-11-15(8-7-14(12)6-3-9-17)16(19)18-10-4-5-13(18)2/h7-8,11,13H,4-5,9-10,17H2,1-2H3. The summed E-state index contributed by atoms with van der Waals surface area (Å²) in [7, 11) is 0. The summed E-state index contributed by atoms with van der Waals surface area (Å²) in [6.45, 7) is 5.31. The second kappa shape index (κ2) is 5.90. The van der Waals surface area contributed by atoms with Crippen LogP contribution in [0.5, 0.6) is 0 Å². The van der Waals surface area contributed by atoms with Crippen LogP contribution in [0.25, 0.3) is 0 Å². The number of aryl methyl sites for hydroxylation is 1. The fourth-order valence-corrected chi connectivity index (χ4v) is 2.48. The zero-order chi connectivity index (χ0) is 13.8. The topological polar surface area (TPSA) is 46.3 Å². The predicted molar refractivity (Wildman–Crippen MR) is 76.8 cm³/mol. The van der Waals surface area contributed by atoms with E-state index in [1.807, 2.05) is 30.0 Å². The van der Waals surface area contributed by atoms with Gasteiger partial charge in [0.25, 0.3) is 5.91 Å². The Morgan fingerprint density at radius 1 is 1.53 bits per heavy atom. The minimum absolute atomic E-state index is 0.131. The lowest BCUT2D eigenvalue weighted by Crippen LogP contribution is -2.33. The molecule has 3 heteroatoms. The molecule has 0 radical (unpaired) electrons. The minimum Gasteiger partial charge on any atom is -0.336 e. The Bertz CT molecular complexity index is 539. The molecule has 1 aromatic carbocycles. The van der Waals surface area contributed by atoms with Gasteiger partial charge in [0.05, 0.1) is 6.54 Å². The van der Waals surface area contributed by atoms with E-state index in [1.165, 1.54) is 0 Å². The van der Waals surface area contributed by atoms with Gasteiger partial charge in [-0.3, -0.25) is 4.79 Å². The molecule has 2 rings (SSSR count). The monoisotopic (exact) mass is 256 g/mol. The summed E-state index contributed by atoms with van der Waals surface area (Å²) in [5.74, 6) is 5.99. The van der Waals surface area contributed by atoms with Crippen molar-refractivity contribution in [2.24, 2.45) is 5.73 Å². The van der Waals surface area contributed by atoms with Crippen LogP contribution >= 0.6 is 0 Å².